The quantitative estimate of drug-likeness (QED) is 0.892. The lowest BCUT2D eigenvalue weighted by Crippen LogP contribution is -2.48. The molecule has 0 spiro atoms. The molecule has 0 bridgehead atoms. The highest BCUT2D eigenvalue weighted by molar-refractivity contribution is 5.93. The van der Waals surface area contributed by atoms with Crippen LogP contribution in [0, 0.1) is 0 Å². The first-order valence-corrected chi connectivity index (χ1v) is 6.36. The largest absolute Gasteiger partial charge is 0.468 e. The molecule has 0 aliphatic carbocycles. The Kier molecular flexibility index (Phi) is 3.33. The van der Waals surface area contributed by atoms with Crippen LogP contribution < -0.4 is 0 Å². The number of H-pyrrole nitrogens is 1. The number of furan rings is 1. The molecule has 0 radical (unpaired) electrons. The maximum atomic E-state index is 12.1. The van der Waals surface area contributed by atoms with E-state index in [0.717, 1.165) is 38.5 Å². The molecule has 100 valence electrons. The van der Waals surface area contributed by atoms with Crippen molar-refractivity contribution >= 4 is 5.91 Å². The second-order valence-electron chi connectivity index (χ2n) is 4.63. The fourth-order valence-corrected chi connectivity index (χ4v) is 2.28. The Bertz CT molecular complexity index is 513. The molecule has 0 atom stereocenters. The third-order valence-electron chi connectivity index (χ3n) is 3.36. The molecule has 1 saturated heterocycles. The van der Waals surface area contributed by atoms with E-state index in [1.165, 1.54) is 0 Å². The summed E-state index contributed by atoms with van der Waals surface area (Å²) >= 11 is 0. The highest BCUT2D eigenvalue weighted by Crippen LogP contribution is 2.11. The van der Waals surface area contributed by atoms with Gasteiger partial charge in [0.25, 0.3) is 5.91 Å². The molecule has 6 nitrogen and oxygen atoms in total. The molecule has 6 heteroatoms. The summed E-state index contributed by atoms with van der Waals surface area (Å²) in [4.78, 5) is 16.3. The normalized spacial score (nSPS) is 16.7. The van der Waals surface area contributed by atoms with Gasteiger partial charge in [0, 0.05) is 32.4 Å². The van der Waals surface area contributed by atoms with Crippen LogP contribution >= 0.6 is 0 Å². The zero-order valence-electron chi connectivity index (χ0n) is 10.6. The summed E-state index contributed by atoms with van der Waals surface area (Å²) in [6.07, 6.45) is 4.89. The third kappa shape index (κ3) is 2.68. The van der Waals surface area contributed by atoms with E-state index < -0.39 is 0 Å². The van der Waals surface area contributed by atoms with Crippen molar-refractivity contribution in [3.63, 3.8) is 0 Å². The van der Waals surface area contributed by atoms with E-state index >= 15 is 0 Å². The van der Waals surface area contributed by atoms with E-state index in [9.17, 15) is 4.79 Å². The van der Waals surface area contributed by atoms with Crippen LogP contribution in [0.15, 0.2) is 35.2 Å². The summed E-state index contributed by atoms with van der Waals surface area (Å²) < 4.78 is 5.33. The van der Waals surface area contributed by atoms with Gasteiger partial charge in [-0.25, -0.2) is 0 Å². The number of rotatable bonds is 3. The molecule has 0 aromatic carbocycles. The molecule has 3 rings (SSSR count). The zero-order valence-corrected chi connectivity index (χ0v) is 10.6. The third-order valence-corrected chi connectivity index (χ3v) is 3.36. The van der Waals surface area contributed by atoms with Crippen molar-refractivity contribution in [3.8, 4) is 0 Å². The SMILES string of the molecule is O=C(c1cn[nH]c1)N1CCN(Cc2ccco2)CC1. The number of aromatic amines is 1. The second kappa shape index (κ2) is 5.27. The number of hydrogen-bond donors (Lipinski definition) is 1. The first kappa shape index (κ1) is 12.0. The monoisotopic (exact) mass is 260 g/mol. The Balaban J connectivity index is 1.53. The number of carbonyl (C=O) groups is 1. The second-order valence-corrected chi connectivity index (χ2v) is 4.63. The predicted molar refractivity (Wildman–Crippen MR) is 68.5 cm³/mol. The lowest BCUT2D eigenvalue weighted by Gasteiger charge is -2.34. The van der Waals surface area contributed by atoms with Gasteiger partial charge in [-0.15, -0.1) is 0 Å². The summed E-state index contributed by atoms with van der Waals surface area (Å²) in [5.74, 6) is 1.01. The molecule has 3 heterocycles. The molecule has 2 aromatic heterocycles. The minimum atomic E-state index is 0.0476. The van der Waals surface area contributed by atoms with Gasteiger partial charge in [0.2, 0.25) is 0 Å². The molecule has 2 aromatic rings. The molecule has 1 aliphatic rings. The van der Waals surface area contributed by atoms with Crippen LogP contribution in [0.4, 0.5) is 0 Å². The van der Waals surface area contributed by atoms with Crippen molar-refractivity contribution in [2.45, 2.75) is 6.54 Å². The smallest absolute Gasteiger partial charge is 0.257 e. The molecule has 1 N–H and O–H groups in total. The van der Waals surface area contributed by atoms with Crippen LogP contribution in [0.25, 0.3) is 0 Å². The van der Waals surface area contributed by atoms with Gasteiger partial charge in [0.05, 0.1) is 24.6 Å². The minimum absolute atomic E-state index is 0.0476. The molecule has 1 aliphatic heterocycles. The number of carbonyl (C=O) groups excluding carboxylic acids is 1. The standard InChI is InChI=1S/C13H16N4O2/c18-13(11-8-14-15-9-11)17-5-3-16(4-6-17)10-12-2-1-7-19-12/h1-2,7-9H,3-6,10H2,(H,14,15). The van der Waals surface area contributed by atoms with E-state index in [1.54, 1.807) is 18.7 Å². The molecule has 0 saturated carbocycles. The number of piperazine rings is 1. The van der Waals surface area contributed by atoms with Crippen LogP contribution in [0.5, 0.6) is 0 Å². The Morgan fingerprint density at radius 2 is 2.21 bits per heavy atom. The van der Waals surface area contributed by atoms with Gasteiger partial charge in [-0.3, -0.25) is 14.8 Å². The van der Waals surface area contributed by atoms with Gasteiger partial charge in [-0.05, 0) is 12.1 Å². The molecule has 19 heavy (non-hydrogen) atoms. The maximum absolute atomic E-state index is 12.1. The molecular weight excluding hydrogens is 244 g/mol. The van der Waals surface area contributed by atoms with E-state index in [2.05, 4.69) is 15.1 Å². The Morgan fingerprint density at radius 1 is 1.37 bits per heavy atom. The lowest BCUT2D eigenvalue weighted by molar-refractivity contribution is 0.0620. The van der Waals surface area contributed by atoms with E-state index in [4.69, 9.17) is 4.42 Å². The topological polar surface area (TPSA) is 65.4 Å². The summed E-state index contributed by atoms with van der Waals surface area (Å²) in [6, 6.07) is 3.87. The van der Waals surface area contributed by atoms with E-state index in [0.29, 0.717) is 5.56 Å². The van der Waals surface area contributed by atoms with Crippen LogP contribution in [0.2, 0.25) is 0 Å². The van der Waals surface area contributed by atoms with Gasteiger partial charge in [0.15, 0.2) is 0 Å². The van der Waals surface area contributed by atoms with E-state index in [1.807, 2.05) is 17.0 Å². The predicted octanol–water partition coefficient (Wildman–Crippen LogP) is 0.961. The van der Waals surface area contributed by atoms with Crippen LogP contribution in [0.3, 0.4) is 0 Å². The van der Waals surface area contributed by atoms with Crippen molar-refractivity contribution in [1.29, 1.82) is 0 Å². The van der Waals surface area contributed by atoms with Crippen LogP contribution in [0.1, 0.15) is 16.1 Å². The average Bonchev–Trinajstić information content (AvgIpc) is 3.12. The molecule has 1 fully saturated rings. The van der Waals surface area contributed by atoms with Gasteiger partial charge < -0.3 is 9.32 Å². The molecule has 0 unspecified atom stereocenters. The minimum Gasteiger partial charge on any atom is -0.468 e. The fourth-order valence-electron chi connectivity index (χ4n) is 2.28. The Morgan fingerprint density at radius 3 is 2.84 bits per heavy atom. The zero-order chi connectivity index (χ0) is 13.1. The number of aromatic nitrogens is 2. The number of hydrogen-bond acceptors (Lipinski definition) is 4. The highest BCUT2D eigenvalue weighted by Gasteiger charge is 2.22. The fraction of sp³-hybridized carbons (Fsp3) is 0.385. The Labute approximate surface area is 111 Å². The number of nitrogens with one attached hydrogen (secondary N) is 1. The summed E-state index contributed by atoms with van der Waals surface area (Å²) in [6.45, 7) is 4.02. The van der Waals surface area contributed by atoms with Crippen molar-refractivity contribution in [2.75, 3.05) is 26.2 Å². The van der Waals surface area contributed by atoms with Crippen molar-refractivity contribution in [1.82, 2.24) is 20.0 Å². The lowest BCUT2D eigenvalue weighted by atomic mass is 10.2. The van der Waals surface area contributed by atoms with Gasteiger partial charge in [0.1, 0.15) is 5.76 Å². The highest BCUT2D eigenvalue weighted by atomic mass is 16.3. The average molecular weight is 260 g/mol. The first-order chi connectivity index (χ1) is 9.33. The van der Waals surface area contributed by atoms with Crippen LogP contribution in [-0.4, -0.2) is 52.1 Å². The maximum Gasteiger partial charge on any atom is 0.257 e. The van der Waals surface area contributed by atoms with Crippen molar-refractivity contribution < 1.29 is 9.21 Å². The molecule has 1 amide bonds. The summed E-state index contributed by atoms with van der Waals surface area (Å²) in [5.41, 5.74) is 0.625. The van der Waals surface area contributed by atoms with Gasteiger partial charge >= 0.3 is 0 Å². The summed E-state index contributed by atoms with van der Waals surface area (Å²) in [7, 11) is 0. The number of amides is 1. The van der Waals surface area contributed by atoms with E-state index in [-0.39, 0.29) is 5.91 Å². The molecular formula is C13H16N4O2. The van der Waals surface area contributed by atoms with Crippen LogP contribution in [-0.2, 0) is 6.54 Å². The summed E-state index contributed by atoms with van der Waals surface area (Å²) in [5, 5.41) is 6.48. The Hall–Kier alpha value is -2.08. The number of nitrogens with zero attached hydrogens (tertiary/aromatic N) is 3. The van der Waals surface area contributed by atoms with Gasteiger partial charge in [-0.1, -0.05) is 0 Å². The van der Waals surface area contributed by atoms with Crippen molar-refractivity contribution in [3.05, 3.63) is 42.1 Å². The van der Waals surface area contributed by atoms with Gasteiger partial charge in [-0.2, -0.15) is 5.10 Å². The van der Waals surface area contributed by atoms with Crippen molar-refractivity contribution in [2.24, 2.45) is 0 Å². The first-order valence-electron chi connectivity index (χ1n) is 6.36.